The first kappa shape index (κ1) is 18.6. The van der Waals surface area contributed by atoms with Crippen LogP contribution in [-0.2, 0) is 16.1 Å². The molecule has 0 bridgehead atoms. The van der Waals surface area contributed by atoms with E-state index in [9.17, 15) is 14.4 Å². The summed E-state index contributed by atoms with van der Waals surface area (Å²) in [5.74, 6) is -1.13. The summed E-state index contributed by atoms with van der Waals surface area (Å²) >= 11 is 0. The van der Waals surface area contributed by atoms with Gasteiger partial charge in [-0.15, -0.1) is 0 Å². The molecular weight excluding hydrogens is 322 g/mol. The molecule has 0 atom stereocenters. The maximum Gasteiger partial charge on any atom is 0.359 e. The number of likely N-dealkylation sites (N-methyl/N-ethyl adjacent to an activating group) is 1. The fourth-order valence-corrected chi connectivity index (χ4v) is 2.50. The van der Waals surface area contributed by atoms with Crippen LogP contribution in [0.3, 0.4) is 0 Å². The van der Waals surface area contributed by atoms with Crippen molar-refractivity contribution in [1.29, 1.82) is 0 Å². The number of aryl methyl sites for hydroxylation is 1. The molecule has 134 valence electrons. The number of nitrogens with one attached hydrogen (secondary N) is 1. The molecule has 1 N–H and O–H groups in total. The standard InChI is InChI=1S/C18H23N3O4/c1-3-4-5-8-11-21-17(23)14-10-7-6-9-13(14)16(20-21)18(24)25-12-15(22)19-2/h6-7,9-10H,3-5,8,11-12H2,1-2H3,(H,19,22). The number of hydrogen-bond acceptors (Lipinski definition) is 5. The molecule has 0 aliphatic heterocycles. The Hall–Kier alpha value is -2.70. The summed E-state index contributed by atoms with van der Waals surface area (Å²) in [4.78, 5) is 36.2. The fourth-order valence-electron chi connectivity index (χ4n) is 2.50. The minimum atomic E-state index is -0.720. The predicted molar refractivity (Wildman–Crippen MR) is 94.5 cm³/mol. The summed E-state index contributed by atoms with van der Waals surface area (Å²) in [6, 6.07) is 6.79. The van der Waals surface area contributed by atoms with Crippen molar-refractivity contribution in [3.8, 4) is 0 Å². The first-order valence-corrected chi connectivity index (χ1v) is 8.46. The number of esters is 1. The zero-order valence-corrected chi connectivity index (χ0v) is 14.6. The number of hydrogen-bond donors (Lipinski definition) is 1. The largest absolute Gasteiger partial charge is 0.451 e. The van der Waals surface area contributed by atoms with Gasteiger partial charge in [-0.2, -0.15) is 5.10 Å². The van der Waals surface area contributed by atoms with Crippen LogP contribution in [0, 0.1) is 0 Å². The molecule has 0 aliphatic rings. The van der Waals surface area contributed by atoms with Gasteiger partial charge in [0.25, 0.3) is 11.5 Å². The lowest BCUT2D eigenvalue weighted by molar-refractivity contribution is -0.123. The molecule has 2 rings (SSSR count). The van der Waals surface area contributed by atoms with Gasteiger partial charge in [-0.05, 0) is 12.5 Å². The molecular formula is C18H23N3O4. The molecule has 25 heavy (non-hydrogen) atoms. The lowest BCUT2D eigenvalue weighted by atomic mass is 10.1. The van der Waals surface area contributed by atoms with Crippen LogP contribution in [0.25, 0.3) is 10.8 Å². The van der Waals surface area contributed by atoms with Crippen molar-refractivity contribution in [2.24, 2.45) is 0 Å². The molecule has 1 aromatic heterocycles. The quantitative estimate of drug-likeness (QED) is 0.583. The number of carbonyl (C=O) groups is 2. The Balaban J connectivity index is 2.33. The molecule has 0 aliphatic carbocycles. The maximum atomic E-state index is 12.6. The molecule has 2 aromatic rings. The number of benzene rings is 1. The van der Waals surface area contributed by atoms with Crippen molar-refractivity contribution in [2.45, 2.75) is 39.2 Å². The second-order valence-corrected chi connectivity index (χ2v) is 5.73. The van der Waals surface area contributed by atoms with Gasteiger partial charge >= 0.3 is 5.97 Å². The van der Waals surface area contributed by atoms with Gasteiger partial charge < -0.3 is 10.1 Å². The number of unbranched alkanes of at least 4 members (excludes halogenated alkanes) is 3. The van der Waals surface area contributed by atoms with E-state index in [1.807, 2.05) is 0 Å². The van der Waals surface area contributed by atoms with Crippen LogP contribution < -0.4 is 10.9 Å². The number of carbonyl (C=O) groups excluding carboxylic acids is 2. The van der Waals surface area contributed by atoms with Crippen LogP contribution in [0.2, 0.25) is 0 Å². The Kier molecular flexibility index (Phi) is 6.68. The monoisotopic (exact) mass is 345 g/mol. The SMILES string of the molecule is CCCCCCn1nc(C(=O)OCC(=O)NC)c2ccccc2c1=O. The second kappa shape index (κ2) is 8.96. The number of aromatic nitrogens is 2. The third-order valence-corrected chi connectivity index (χ3v) is 3.90. The van der Waals surface area contributed by atoms with E-state index in [4.69, 9.17) is 4.74 Å². The first-order valence-electron chi connectivity index (χ1n) is 8.46. The van der Waals surface area contributed by atoms with Crippen molar-refractivity contribution in [3.63, 3.8) is 0 Å². The Morgan fingerprint density at radius 2 is 1.88 bits per heavy atom. The molecule has 0 unspecified atom stereocenters. The Labute approximate surface area is 146 Å². The Morgan fingerprint density at radius 3 is 2.56 bits per heavy atom. The topological polar surface area (TPSA) is 90.3 Å². The van der Waals surface area contributed by atoms with Crippen LogP contribution in [-0.4, -0.2) is 35.3 Å². The lowest BCUT2D eigenvalue weighted by Crippen LogP contribution is -2.28. The Morgan fingerprint density at radius 1 is 1.16 bits per heavy atom. The molecule has 7 nitrogen and oxygen atoms in total. The van der Waals surface area contributed by atoms with E-state index in [1.54, 1.807) is 24.3 Å². The molecule has 0 fully saturated rings. The van der Waals surface area contributed by atoms with Gasteiger partial charge in [0.2, 0.25) is 0 Å². The van der Waals surface area contributed by atoms with E-state index in [2.05, 4.69) is 17.3 Å². The molecule has 7 heteroatoms. The van der Waals surface area contributed by atoms with Crippen LogP contribution in [0.5, 0.6) is 0 Å². The smallest absolute Gasteiger partial charge is 0.359 e. The average molecular weight is 345 g/mol. The summed E-state index contributed by atoms with van der Waals surface area (Å²) in [5, 5.41) is 7.42. The Bertz CT molecular complexity index is 814. The van der Waals surface area contributed by atoms with Gasteiger partial charge in [0.15, 0.2) is 12.3 Å². The van der Waals surface area contributed by atoms with E-state index >= 15 is 0 Å². The third kappa shape index (κ3) is 4.65. The lowest BCUT2D eigenvalue weighted by Gasteiger charge is -2.10. The van der Waals surface area contributed by atoms with Crippen LogP contribution in [0.1, 0.15) is 43.1 Å². The molecule has 1 amide bonds. The third-order valence-electron chi connectivity index (χ3n) is 3.90. The van der Waals surface area contributed by atoms with Gasteiger partial charge in [0, 0.05) is 19.0 Å². The zero-order chi connectivity index (χ0) is 18.2. The van der Waals surface area contributed by atoms with Crippen molar-refractivity contribution in [2.75, 3.05) is 13.7 Å². The highest BCUT2D eigenvalue weighted by molar-refractivity contribution is 6.02. The highest BCUT2D eigenvalue weighted by Crippen LogP contribution is 2.14. The summed E-state index contributed by atoms with van der Waals surface area (Å²) in [6.45, 7) is 2.17. The highest BCUT2D eigenvalue weighted by Gasteiger charge is 2.18. The van der Waals surface area contributed by atoms with E-state index in [0.29, 0.717) is 17.3 Å². The van der Waals surface area contributed by atoms with Crippen molar-refractivity contribution in [1.82, 2.24) is 15.1 Å². The van der Waals surface area contributed by atoms with Crippen molar-refractivity contribution in [3.05, 3.63) is 40.3 Å². The molecule has 0 radical (unpaired) electrons. The number of ether oxygens (including phenoxy) is 1. The minimum absolute atomic E-state index is 0.0506. The first-order chi connectivity index (χ1) is 12.1. The van der Waals surface area contributed by atoms with Crippen LogP contribution in [0.4, 0.5) is 0 Å². The fraction of sp³-hybridized carbons (Fsp3) is 0.444. The van der Waals surface area contributed by atoms with Gasteiger partial charge in [0.1, 0.15) is 0 Å². The summed E-state index contributed by atoms with van der Waals surface area (Å²) in [7, 11) is 1.46. The van der Waals surface area contributed by atoms with Crippen LogP contribution >= 0.6 is 0 Å². The summed E-state index contributed by atoms with van der Waals surface area (Å²) in [6.07, 6.45) is 3.99. The van der Waals surface area contributed by atoms with Crippen molar-refractivity contribution < 1.29 is 14.3 Å². The van der Waals surface area contributed by atoms with Gasteiger partial charge in [-0.3, -0.25) is 9.59 Å². The van der Waals surface area contributed by atoms with Gasteiger partial charge in [-0.25, -0.2) is 9.48 Å². The maximum absolute atomic E-state index is 12.6. The molecule has 1 heterocycles. The van der Waals surface area contributed by atoms with Gasteiger partial charge in [0.05, 0.1) is 5.39 Å². The number of rotatable bonds is 8. The van der Waals surface area contributed by atoms with Gasteiger partial charge in [-0.1, -0.05) is 44.4 Å². The number of nitrogens with zero attached hydrogens (tertiary/aromatic N) is 2. The molecule has 1 aromatic carbocycles. The molecule has 0 saturated heterocycles. The number of fused-ring (bicyclic) bond motifs is 1. The zero-order valence-electron chi connectivity index (χ0n) is 14.6. The van der Waals surface area contributed by atoms with E-state index in [0.717, 1.165) is 25.7 Å². The van der Waals surface area contributed by atoms with E-state index < -0.39 is 11.9 Å². The van der Waals surface area contributed by atoms with E-state index in [1.165, 1.54) is 11.7 Å². The minimum Gasteiger partial charge on any atom is -0.451 e. The molecule has 0 saturated carbocycles. The van der Waals surface area contributed by atoms with E-state index in [-0.39, 0.29) is 17.9 Å². The normalized spacial score (nSPS) is 10.6. The second-order valence-electron chi connectivity index (χ2n) is 5.73. The molecule has 0 spiro atoms. The van der Waals surface area contributed by atoms with Crippen molar-refractivity contribution >= 4 is 22.6 Å². The summed E-state index contributed by atoms with van der Waals surface area (Å²) < 4.78 is 6.31. The van der Waals surface area contributed by atoms with Crippen LogP contribution in [0.15, 0.2) is 29.1 Å². The average Bonchev–Trinajstić information content (AvgIpc) is 2.64. The summed E-state index contributed by atoms with van der Waals surface area (Å²) in [5.41, 5.74) is -0.176. The highest BCUT2D eigenvalue weighted by atomic mass is 16.5. The predicted octanol–water partition coefficient (Wildman–Crippen LogP) is 1.88. The number of amides is 1.